The Morgan fingerprint density at radius 1 is 1.00 bits per heavy atom. The van der Waals surface area contributed by atoms with Crippen LogP contribution in [0.4, 0.5) is 15.9 Å². The predicted molar refractivity (Wildman–Crippen MR) is 117 cm³/mol. The Hall–Kier alpha value is -3.32. The van der Waals surface area contributed by atoms with Crippen LogP contribution in [0.25, 0.3) is 22.3 Å². The zero-order valence-corrected chi connectivity index (χ0v) is 17.3. The fourth-order valence-corrected chi connectivity index (χ4v) is 3.10. The summed E-state index contributed by atoms with van der Waals surface area (Å²) in [6.07, 6.45) is 1.61. The number of hydrogen-bond acceptors (Lipinski definition) is 6. The van der Waals surface area contributed by atoms with E-state index in [0.717, 1.165) is 11.1 Å². The molecular weight excluding hydrogens is 385 g/mol. The van der Waals surface area contributed by atoms with Gasteiger partial charge in [-0.3, -0.25) is 0 Å². The molecule has 0 amide bonds. The van der Waals surface area contributed by atoms with Gasteiger partial charge in [0.15, 0.2) is 11.5 Å². The van der Waals surface area contributed by atoms with Gasteiger partial charge in [-0.15, -0.1) is 0 Å². The van der Waals surface area contributed by atoms with Gasteiger partial charge in [0.25, 0.3) is 0 Å². The van der Waals surface area contributed by atoms with Crippen molar-refractivity contribution in [1.82, 2.24) is 4.98 Å². The molecule has 6 nitrogen and oxygen atoms in total. The summed E-state index contributed by atoms with van der Waals surface area (Å²) in [6, 6.07) is 11.8. The van der Waals surface area contributed by atoms with E-state index in [9.17, 15) is 4.39 Å². The number of aromatic nitrogens is 1. The van der Waals surface area contributed by atoms with Gasteiger partial charge in [0, 0.05) is 35.2 Å². The Morgan fingerprint density at radius 3 is 2.50 bits per heavy atom. The van der Waals surface area contributed by atoms with Crippen LogP contribution >= 0.6 is 0 Å². The Balaban J connectivity index is 1.92. The van der Waals surface area contributed by atoms with Crippen molar-refractivity contribution in [2.24, 2.45) is 0 Å². The average molecular weight is 411 g/mol. The van der Waals surface area contributed by atoms with Gasteiger partial charge in [0.2, 0.25) is 0 Å². The molecule has 1 aromatic heterocycles. The number of rotatable bonds is 8. The molecule has 0 bridgehead atoms. The van der Waals surface area contributed by atoms with E-state index in [1.807, 2.05) is 32.0 Å². The minimum Gasteiger partial charge on any atom is -0.493 e. The van der Waals surface area contributed by atoms with E-state index in [1.165, 1.54) is 6.07 Å². The maximum absolute atomic E-state index is 14.4. The zero-order valence-electron chi connectivity index (χ0n) is 17.3. The lowest BCUT2D eigenvalue weighted by atomic mass is 10.00. The number of ether oxygens (including phenoxy) is 3. The van der Waals surface area contributed by atoms with Crippen molar-refractivity contribution in [3.63, 3.8) is 0 Å². The molecule has 0 aliphatic rings. The average Bonchev–Trinajstić information content (AvgIpc) is 2.73. The highest BCUT2D eigenvalue weighted by Gasteiger charge is 2.14. The molecule has 7 heteroatoms. The number of hydrogen-bond donors (Lipinski definition) is 2. The second-order valence-corrected chi connectivity index (χ2v) is 6.84. The maximum Gasteiger partial charge on any atom is 0.161 e. The summed E-state index contributed by atoms with van der Waals surface area (Å²) < 4.78 is 31.2. The first kappa shape index (κ1) is 21.4. The molecule has 0 aliphatic heterocycles. The van der Waals surface area contributed by atoms with Gasteiger partial charge in [0.05, 0.1) is 13.2 Å². The zero-order chi connectivity index (χ0) is 21.7. The third-order valence-corrected chi connectivity index (χ3v) is 4.62. The van der Waals surface area contributed by atoms with Gasteiger partial charge >= 0.3 is 0 Å². The van der Waals surface area contributed by atoms with E-state index in [-0.39, 0.29) is 11.9 Å². The standard InChI is InChI=1S/C23H26FN3O3/c1-4-29-14(2)13-30-21-8-5-15(10-22(21)28-3)16-9-19(23(26)27-12-16)18-7-6-17(25)11-20(18)24/h5-12,14H,4,13,25H2,1-3H3,(H2,26,27). The van der Waals surface area contributed by atoms with Crippen molar-refractivity contribution in [1.29, 1.82) is 0 Å². The Kier molecular flexibility index (Phi) is 6.74. The summed E-state index contributed by atoms with van der Waals surface area (Å²) in [6.45, 7) is 4.93. The topological polar surface area (TPSA) is 92.6 Å². The summed E-state index contributed by atoms with van der Waals surface area (Å²) in [5.41, 5.74) is 14.4. The number of nitrogen functional groups attached to an aromatic ring is 2. The molecule has 0 radical (unpaired) electrons. The van der Waals surface area contributed by atoms with E-state index < -0.39 is 5.82 Å². The van der Waals surface area contributed by atoms with Crippen LogP contribution in [0.1, 0.15) is 13.8 Å². The number of nitrogens with zero attached hydrogens (tertiary/aromatic N) is 1. The third kappa shape index (κ3) is 4.80. The molecule has 3 aromatic rings. The summed E-state index contributed by atoms with van der Waals surface area (Å²) in [5.74, 6) is 0.971. The van der Waals surface area contributed by atoms with Crippen LogP contribution in [0.3, 0.4) is 0 Å². The quantitative estimate of drug-likeness (QED) is 0.529. The largest absolute Gasteiger partial charge is 0.493 e. The highest BCUT2D eigenvalue weighted by molar-refractivity contribution is 5.80. The highest BCUT2D eigenvalue weighted by Crippen LogP contribution is 2.36. The lowest BCUT2D eigenvalue weighted by molar-refractivity contribution is 0.0395. The number of anilines is 2. The number of benzene rings is 2. The summed E-state index contributed by atoms with van der Waals surface area (Å²) >= 11 is 0. The molecule has 4 N–H and O–H groups in total. The van der Waals surface area contributed by atoms with Crippen molar-refractivity contribution in [2.75, 3.05) is 31.8 Å². The molecule has 2 aromatic carbocycles. The van der Waals surface area contributed by atoms with Gasteiger partial charge in [-0.2, -0.15) is 0 Å². The molecule has 0 saturated heterocycles. The maximum atomic E-state index is 14.4. The minimum absolute atomic E-state index is 0.0296. The molecule has 1 unspecified atom stereocenters. The predicted octanol–water partition coefficient (Wildman–Crippen LogP) is 4.53. The van der Waals surface area contributed by atoms with Gasteiger partial charge in [-0.1, -0.05) is 6.07 Å². The Labute approximate surface area is 175 Å². The van der Waals surface area contributed by atoms with E-state index in [4.69, 9.17) is 25.7 Å². The molecule has 1 heterocycles. The monoisotopic (exact) mass is 411 g/mol. The summed E-state index contributed by atoms with van der Waals surface area (Å²) in [4.78, 5) is 4.24. The van der Waals surface area contributed by atoms with Crippen molar-refractivity contribution in [3.8, 4) is 33.8 Å². The Bertz CT molecular complexity index is 1030. The van der Waals surface area contributed by atoms with Crippen molar-refractivity contribution < 1.29 is 18.6 Å². The summed E-state index contributed by atoms with van der Waals surface area (Å²) in [5, 5.41) is 0. The lowest BCUT2D eigenvalue weighted by Gasteiger charge is -2.16. The molecular formula is C23H26FN3O3. The molecule has 158 valence electrons. The van der Waals surface area contributed by atoms with Crippen molar-refractivity contribution >= 4 is 11.5 Å². The van der Waals surface area contributed by atoms with Crippen molar-refractivity contribution in [2.45, 2.75) is 20.0 Å². The first-order chi connectivity index (χ1) is 14.4. The first-order valence-electron chi connectivity index (χ1n) is 9.66. The summed E-state index contributed by atoms with van der Waals surface area (Å²) in [7, 11) is 1.58. The molecule has 30 heavy (non-hydrogen) atoms. The number of halogens is 1. The fraction of sp³-hybridized carbons (Fsp3) is 0.261. The van der Waals surface area contributed by atoms with Gasteiger partial charge in [0.1, 0.15) is 18.2 Å². The van der Waals surface area contributed by atoms with Crippen LogP contribution < -0.4 is 20.9 Å². The molecule has 0 aliphatic carbocycles. The molecule has 1 atom stereocenters. The van der Waals surface area contributed by atoms with Crippen LogP contribution in [0.5, 0.6) is 11.5 Å². The first-order valence-corrected chi connectivity index (χ1v) is 9.66. The van der Waals surface area contributed by atoms with E-state index in [1.54, 1.807) is 31.5 Å². The van der Waals surface area contributed by atoms with Gasteiger partial charge in [-0.05, 0) is 55.8 Å². The highest BCUT2D eigenvalue weighted by atomic mass is 19.1. The minimum atomic E-state index is -0.453. The second kappa shape index (κ2) is 9.45. The van der Waals surface area contributed by atoms with E-state index >= 15 is 0 Å². The number of methoxy groups -OCH3 is 1. The number of nitrogens with two attached hydrogens (primary N) is 2. The van der Waals surface area contributed by atoms with Gasteiger partial charge < -0.3 is 25.7 Å². The van der Waals surface area contributed by atoms with E-state index in [2.05, 4.69) is 4.98 Å². The van der Waals surface area contributed by atoms with E-state index in [0.29, 0.717) is 41.5 Å². The molecule has 3 rings (SSSR count). The SMILES string of the molecule is CCOC(C)COc1ccc(-c2cnc(N)c(-c3ccc(N)cc3F)c2)cc1OC. The van der Waals surface area contributed by atoms with Crippen LogP contribution in [0, 0.1) is 5.82 Å². The Morgan fingerprint density at radius 2 is 1.80 bits per heavy atom. The van der Waals surface area contributed by atoms with Crippen LogP contribution in [-0.4, -0.2) is 31.4 Å². The van der Waals surface area contributed by atoms with Crippen LogP contribution in [0.15, 0.2) is 48.7 Å². The smallest absolute Gasteiger partial charge is 0.161 e. The van der Waals surface area contributed by atoms with Crippen molar-refractivity contribution in [3.05, 3.63) is 54.5 Å². The normalized spacial score (nSPS) is 11.9. The van der Waals surface area contributed by atoms with Crippen LogP contribution in [-0.2, 0) is 4.74 Å². The second-order valence-electron chi connectivity index (χ2n) is 6.84. The molecule has 0 spiro atoms. The molecule has 0 fully saturated rings. The molecule has 0 saturated carbocycles. The number of pyridine rings is 1. The van der Waals surface area contributed by atoms with Crippen LogP contribution in [0.2, 0.25) is 0 Å². The third-order valence-electron chi connectivity index (χ3n) is 4.62. The van der Waals surface area contributed by atoms with Gasteiger partial charge in [-0.25, -0.2) is 9.37 Å². The fourth-order valence-electron chi connectivity index (χ4n) is 3.10. The lowest BCUT2D eigenvalue weighted by Crippen LogP contribution is -2.18.